The van der Waals surface area contributed by atoms with Crippen molar-refractivity contribution in [2.45, 2.75) is 38.5 Å². The van der Waals surface area contributed by atoms with E-state index in [9.17, 15) is 4.79 Å². The minimum absolute atomic E-state index is 0.0139. The van der Waals surface area contributed by atoms with Gasteiger partial charge in [0.25, 0.3) is 0 Å². The van der Waals surface area contributed by atoms with Gasteiger partial charge in [0.05, 0.1) is 30.0 Å². The third-order valence-corrected chi connectivity index (χ3v) is 7.67. The molecule has 0 aliphatic carbocycles. The smallest absolute Gasteiger partial charge is 0.234 e. The van der Waals surface area contributed by atoms with Crippen molar-refractivity contribution in [1.82, 2.24) is 20.8 Å². The maximum atomic E-state index is 12.5. The van der Waals surface area contributed by atoms with Crippen molar-refractivity contribution >= 4 is 40.1 Å². The Hall–Kier alpha value is -2.88. The third-order valence-electron chi connectivity index (χ3n) is 6.41. The molecule has 34 heavy (non-hydrogen) atoms. The molecule has 10 heteroatoms. The van der Waals surface area contributed by atoms with Crippen LogP contribution in [0.4, 0.5) is 5.69 Å². The second-order valence-electron chi connectivity index (χ2n) is 8.60. The van der Waals surface area contributed by atoms with E-state index in [1.54, 1.807) is 25.3 Å². The molecule has 8 nitrogen and oxygen atoms in total. The lowest BCUT2D eigenvalue weighted by Crippen LogP contribution is -2.54. The number of hydrazone groups is 1. The minimum Gasteiger partial charge on any atom is -0.495 e. The fraction of sp³-hybridized carbons (Fsp3) is 0.333. The summed E-state index contributed by atoms with van der Waals surface area (Å²) in [5.41, 5.74) is 11.4. The number of anilines is 1. The number of hydrogen-bond acceptors (Lipinski definition) is 8. The summed E-state index contributed by atoms with van der Waals surface area (Å²) >= 11 is 7.54. The Bertz CT molecular complexity index is 1170. The van der Waals surface area contributed by atoms with E-state index in [4.69, 9.17) is 16.3 Å². The number of hydrazine groups is 1. The van der Waals surface area contributed by atoms with E-state index >= 15 is 0 Å². The van der Waals surface area contributed by atoms with E-state index in [1.165, 1.54) is 28.5 Å². The lowest BCUT2D eigenvalue weighted by Gasteiger charge is -2.36. The molecule has 0 saturated carbocycles. The van der Waals surface area contributed by atoms with Crippen LogP contribution in [0.1, 0.15) is 29.2 Å². The maximum Gasteiger partial charge on any atom is 0.234 e. The number of aryl methyl sites for hydroxylation is 2. The number of methoxy groups -OCH3 is 1. The molecule has 2 aromatic carbocycles. The van der Waals surface area contributed by atoms with Crippen LogP contribution >= 0.6 is 23.4 Å². The molecule has 3 unspecified atom stereocenters. The molecular weight excluding hydrogens is 472 g/mol. The SMILES string of the molecule is COc1ccc(NC(=O)CSC2=NNC3C4CC(c5ccc(C)c(C)c5)NN4C=CN23)cc1Cl. The van der Waals surface area contributed by atoms with Gasteiger partial charge < -0.3 is 20.0 Å². The highest BCUT2D eigenvalue weighted by molar-refractivity contribution is 8.14. The number of nitrogens with zero attached hydrogens (tertiary/aromatic N) is 3. The molecule has 2 aromatic rings. The molecule has 3 atom stereocenters. The predicted molar refractivity (Wildman–Crippen MR) is 136 cm³/mol. The topological polar surface area (TPSA) is 81.2 Å². The van der Waals surface area contributed by atoms with Crippen molar-refractivity contribution in [3.05, 3.63) is 70.5 Å². The number of halogens is 1. The van der Waals surface area contributed by atoms with Crippen molar-refractivity contribution in [1.29, 1.82) is 0 Å². The number of nitrogens with one attached hydrogen (secondary N) is 3. The van der Waals surface area contributed by atoms with E-state index in [1.807, 2.05) is 12.4 Å². The average Bonchev–Trinajstić information content (AvgIpc) is 3.43. The molecule has 178 valence electrons. The third kappa shape index (κ3) is 4.43. The van der Waals surface area contributed by atoms with Crippen molar-refractivity contribution in [3.8, 4) is 5.75 Å². The first-order valence-electron chi connectivity index (χ1n) is 11.1. The van der Waals surface area contributed by atoms with Gasteiger partial charge in [-0.3, -0.25) is 10.2 Å². The number of amides is 1. The van der Waals surface area contributed by atoms with Gasteiger partial charge in [-0.05, 0) is 55.2 Å². The van der Waals surface area contributed by atoms with Crippen molar-refractivity contribution < 1.29 is 9.53 Å². The molecular formula is C24H27ClN6O2S. The summed E-state index contributed by atoms with van der Waals surface area (Å²) < 4.78 is 5.15. The van der Waals surface area contributed by atoms with Crippen molar-refractivity contribution in [3.63, 3.8) is 0 Å². The zero-order chi connectivity index (χ0) is 23.8. The van der Waals surface area contributed by atoms with Crippen LogP contribution in [0.25, 0.3) is 0 Å². The Labute approximate surface area is 208 Å². The lowest BCUT2D eigenvalue weighted by molar-refractivity contribution is -0.113. The summed E-state index contributed by atoms with van der Waals surface area (Å²) in [5.74, 6) is 0.676. The standard InChI is InChI=1S/C24H27ClN6O2S/c1-14-4-5-16(10-15(14)2)19-12-20-23-27-28-24(30(23)8-9-31(20)29-19)34-13-22(32)26-17-6-7-21(33-3)18(25)11-17/h4-11,19-20,23,27,29H,12-13H2,1-3H3,(H,26,32). The van der Waals surface area contributed by atoms with E-state index in [2.05, 4.69) is 63.2 Å². The van der Waals surface area contributed by atoms with E-state index in [0.29, 0.717) is 16.5 Å². The number of fused-ring (bicyclic) bond motifs is 3. The fourth-order valence-electron chi connectivity index (χ4n) is 4.42. The molecule has 5 rings (SSSR count). The van der Waals surface area contributed by atoms with Gasteiger partial charge in [0.1, 0.15) is 11.9 Å². The number of hydrogen-bond donors (Lipinski definition) is 3. The Kier molecular flexibility index (Phi) is 6.33. The van der Waals surface area contributed by atoms with E-state index < -0.39 is 0 Å². The van der Waals surface area contributed by atoms with Crippen molar-refractivity contribution in [2.75, 3.05) is 18.2 Å². The Morgan fingerprint density at radius 3 is 2.85 bits per heavy atom. The molecule has 3 heterocycles. The number of carbonyl (C=O) groups is 1. The number of benzene rings is 2. The van der Waals surface area contributed by atoms with Gasteiger partial charge in [0, 0.05) is 18.1 Å². The minimum atomic E-state index is -0.127. The molecule has 0 bridgehead atoms. The summed E-state index contributed by atoms with van der Waals surface area (Å²) in [5, 5.41) is 10.8. The first kappa shape index (κ1) is 22.9. The summed E-state index contributed by atoms with van der Waals surface area (Å²) in [4.78, 5) is 14.6. The monoisotopic (exact) mass is 498 g/mol. The van der Waals surface area contributed by atoms with Gasteiger partial charge in [-0.2, -0.15) is 5.10 Å². The normalized spacial score (nSPS) is 22.7. The lowest BCUT2D eigenvalue weighted by atomic mass is 9.97. The second kappa shape index (κ2) is 9.40. The van der Waals surface area contributed by atoms with Crippen LogP contribution in [0.2, 0.25) is 5.02 Å². The number of amidine groups is 1. The summed E-state index contributed by atoms with van der Waals surface area (Å²) in [6.45, 7) is 4.29. The van der Waals surface area contributed by atoms with Crippen LogP contribution in [0, 0.1) is 13.8 Å². The first-order valence-corrected chi connectivity index (χ1v) is 12.5. The molecule has 1 fully saturated rings. The van der Waals surface area contributed by atoms with Gasteiger partial charge in [-0.25, -0.2) is 5.43 Å². The molecule has 3 N–H and O–H groups in total. The number of ether oxygens (including phenoxy) is 1. The molecule has 1 saturated heterocycles. The predicted octanol–water partition coefficient (Wildman–Crippen LogP) is 3.94. The van der Waals surface area contributed by atoms with Crippen LogP contribution in [-0.2, 0) is 4.79 Å². The summed E-state index contributed by atoms with van der Waals surface area (Å²) in [6.07, 6.45) is 5.02. The van der Waals surface area contributed by atoms with Gasteiger partial charge >= 0.3 is 0 Å². The van der Waals surface area contributed by atoms with Gasteiger partial charge in [0.15, 0.2) is 5.17 Å². The van der Waals surface area contributed by atoms with Gasteiger partial charge in [-0.15, -0.1) is 0 Å². The molecule has 0 spiro atoms. The zero-order valence-electron chi connectivity index (χ0n) is 19.2. The van der Waals surface area contributed by atoms with Crippen LogP contribution in [0.5, 0.6) is 5.75 Å². The highest BCUT2D eigenvalue weighted by Crippen LogP contribution is 2.35. The highest BCUT2D eigenvalue weighted by atomic mass is 35.5. The molecule has 0 aromatic heterocycles. The quantitative estimate of drug-likeness (QED) is 0.576. The average molecular weight is 499 g/mol. The maximum absolute atomic E-state index is 12.5. The second-order valence-corrected chi connectivity index (χ2v) is 9.95. The summed E-state index contributed by atoms with van der Waals surface area (Å²) in [7, 11) is 1.55. The van der Waals surface area contributed by atoms with E-state index in [-0.39, 0.29) is 29.9 Å². The molecule has 3 aliphatic heterocycles. The molecule has 1 amide bonds. The molecule has 0 radical (unpaired) electrons. The largest absolute Gasteiger partial charge is 0.495 e. The van der Waals surface area contributed by atoms with Crippen LogP contribution in [0.15, 0.2) is 53.9 Å². The zero-order valence-corrected chi connectivity index (χ0v) is 20.8. The Morgan fingerprint density at radius 2 is 2.09 bits per heavy atom. The highest BCUT2D eigenvalue weighted by Gasteiger charge is 2.44. The Balaban J connectivity index is 1.18. The fourth-order valence-corrected chi connectivity index (χ4v) is 5.45. The Morgan fingerprint density at radius 1 is 1.24 bits per heavy atom. The van der Waals surface area contributed by atoms with E-state index in [0.717, 1.165) is 11.6 Å². The van der Waals surface area contributed by atoms with Crippen LogP contribution in [0.3, 0.4) is 0 Å². The summed E-state index contributed by atoms with van der Waals surface area (Å²) in [6, 6.07) is 12.3. The number of rotatable bonds is 5. The van der Waals surface area contributed by atoms with Crippen molar-refractivity contribution in [2.24, 2.45) is 5.10 Å². The van der Waals surface area contributed by atoms with Gasteiger partial charge in [-0.1, -0.05) is 41.6 Å². The molecule has 3 aliphatic rings. The first-order chi connectivity index (χ1) is 16.4. The van der Waals surface area contributed by atoms with Gasteiger partial charge in [0.2, 0.25) is 5.91 Å². The van der Waals surface area contributed by atoms with Crippen LogP contribution in [-0.4, -0.2) is 46.1 Å². The number of carbonyl (C=O) groups excluding carboxylic acids is 1. The number of thioether (sulfide) groups is 1. The van der Waals surface area contributed by atoms with Crippen LogP contribution < -0.4 is 20.9 Å².